The van der Waals surface area contributed by atoms with E-state index >= 15 is 4.39 Å². The van der Waals surface area contributed by atoms with Gasteiger partial charge in [-0.1, -0.05) is 11.6 Å². The monoisotopic (exact) mass is 570 g/mol. The second-order valence-electron chi connectivity index (χ2n) is 9.78. The SMILES string of the molecule is COc1ccc2ncc(Cl)c(C(F)CCC3(CO)CCN(CCSc4ccc(C(F)(F)F)cc4)CC3)c2c1. The summed E-state index contributed by atoms with van der Waals surface area (Å²) in [6.45, 7) is 2.34. The van der Waals surface area contributed by atoms with E-state index in [0.29, 0.717) is 28.6 Å². The molecule has 1 atom stereocenters. The topological polar surface area (TPSA) is 45.6 Å². The van der Waals surface area contributed by atoms with Crippen molar-refractivity contribution in [3.63, 3.8) is 0 Å². The highest BCUT2D eigenvalue weighted by atomic mass is 35.5. The van der Waals surface area contributed by atoms with Crippen molar-refractivity contribution in [3.05, 3.63) is 64.8 Å². The standard InChI is InChI=1S/C28H31ClF4N2O2S/c1-37-20-4-7-25-22(16-20)26(23(29)17-34-25)24(30)8-9-27(18-36)10-12-35(13-11-27)14-15-38-21-5-2-19(3-6-21)28(31,32)33/h2-7,16-17,24,36H,8-15,18H2,1H3. The van der Waals surface area contributed by atoms with Gasteiger partial charge in [-0.3, -0.25) is 4.98 Å². The zero-order valence-electron chi connectivity index (χ0n) is 21.1. The Kier molecular flexibility index (Phi) is 9.44. The van der Waals surface area contributed by atoms with E-state index in [2.05, 4.69) is 9.88 Å². The van der Waals surface area contributed by atoms with Crippen LogP contribution in [0.25, 0.3) is 10.9 Å². The number of ether oxygens (including phenoxy) is 1. The van der Waals surface area contributed by atoms with Crippen molar-refractivity contribution in [2.75, 3.05) is 39.1 Å². The minimum atomic E-state index is -4.33. The molecule has 0 radical (unpaired) electrons. The van der Waals surface area contributed by atoms with Crippen LogP contribution in [0.2, 0.25) is 5.02 Å². The average molecular weight is 571 g/mol. The Balaban J connectivity index is 1.30. The molecule has 10 heteroatoms. The number of alkyl halides is 4. The lowest BCUT2D eigenvalue weighted by Crippen LogP contribution is -2.42. The maximum absolute atomic E-state index is 15.6. The zero-order chi connectivity index (χ0) is 27.3. The number of likely N-dealkylation sites (tertiary alicyclic amines) is 1. The summed E-state index contributed by atoms with van der Waals surface area (Å²) >= 11 is 7.89. The van der Waals surface area contributed by atoms with Crippen LogP contribution in [0.1, 0.15) is 43.0 Å². The van der Waals surface area contributed by atoms with E-state index in [1.807, 2.05) is 0 Å². The van der Waals surface area contributed by atoms with Gasteiger partial charge in [-0.15, -0.1) is 11.8 Å². The molecule has 2 aromatic carbocycles. The number of aliphatic hydroxyl groups is 1. The van der Waals surface area contributed by atoms with Gasteiger partial charge in [0.25, 0.3) is 0 Å². The summed E-state index contributed by atoms with van der Waals surface area (Å²) in [6, 6.07) is 10.5. The number of piperidine rings is 1. The van der Waals surface area contributed by atoms with E-state index in [4.69, 9.17) is 16.3 Å². The first kappa shape index (κ1) is 28.9. The smallest absolute Gasteiger partial charge is 0.416 e. The number of hydrogen-bond acceptors (Lipinski definition) is 5. The summed E-state index contributed by atoms with van der Waals surface area (Å²) in [6.07, 6.45) is -1.89. The van der Waals surface area contributed by atoms with E-state index < -0.39 is 17.9 Å². The molecule has 206 valence electrons. The van der Waals surface area contributed by atoms with Gasteiger partial charge in [-0.05, 0) is 86.7 Å². The third kappa shape index (κ3) is 6.92. The molecule has 4 nitrogen and oxygen atoms in total. The van der Waals surface area contributed by atoms with E-state index in [0.717, 1.165) is 55.3 Å². The number of pyridine rings is 1. The van der Waals surface area contributed by atoms with Crippen LogP contribution in [0, 0.1) is 5.41 Å². The lowest BCUT2D eigenvalue weighted by molar-refractivity contribution is -0.137. The lowest BCUT2D eigenvalue weighted by atomic mass is 9.74. The number of nitrogens with zero attached hydrogens (tertiary/aromatic N) is 2. The lowest BCUT2D eigenvalue weighted by Gasteiger charge is -2.41. The summed E-state index contributed by atoms with van der Waals surface area (Å²) in [5.74, 6) is 1.35. The number of hydrogen-bond donors (Lipinski definition) is 1. The number of halogens is 5. The van der Waals surface area contributed by atoms with Gasteiger partial charge in [-0.2, -0.15) is 13.2 Å². The van der Waals surface area contributed by atoms with Crippen LogP contribution in [0.3, 0.4) is 0 Å². The Labute approximate surface area is 229 Å². The fraction of sp³-hybridized carbons (Fsp3) is 0.464. The van der Waals surface area contributed by atoms with Gasteiger partial charge in [0, 0.05) is 40.9 Å². The van der Waals surface area contributed by atoms with Gasteiger partial charge in [0.1, 0.15) is 11.9 Å². The molecule has 1 unspecified atom stereocenters. The largest absolute Gasteiger partial charge is 0.497 e. The van der Waals surface area contributed by atoms with Crippen molar-refractivity contribution in [1.82, 2.24) is 9.88 Å². The molecule has 1 aliphatic heterocycles. The first-order chi connectivity index (χ1) is 18.1. The van der Waals surface area contributed by atoms with Crippen LogP contribution in [-0.2, 0) is 6.18 Å². The molecule has 38 heavy (non-hydrogen) atoms. The molecule has 0 bridgehead atoms. The third-order valence-corrected chi connectivity index (χ3v) is 8.71. The molecule has 1 fully saturated rings. The van der Waals surface area contributed by atoms with Crippen molar-refractivity contribution >= 4 is 34.3 Å². The molecule has 0 amide bonds. The summed E-state index contributed by atoms with van der Waals surface area (Å²) < 4.78 is 59.1. The molecular formula is C28H31ClF4N2O2S. The van der Waals surface area contributed by atoms with Gasteiger partial charge < -0.3 is 14.7 Å². The van der Waals surface area contributed by atoms with Crippen LogP contribution in [0.5, 0.6) is 5.75 Å². The van der Waals surface area contributed by atoms with E-state index in [9.17, 15) is 18.3 Å². The highest BCUT2D eigenvalue weighted by Gasteiger charge is 2.35. The first-order valence-corrected chi connectivity index (χ1v) is 13.9. The second kappa shape index (κ2) is 12.4. The molecular weight excluding hydrogens is 540 g/mol. The summed E-state index contributed by atoms with van der Waals surface area (Å²) in [4.78, 5) is 7.39. The Bertz CT molecular complexity index is 1220. The summed E-state index contributed by atoms with van der Waals surface area (Å²) in [7, 11) is 1.55. The molecule has 1 N–H and O–H groups in total. The third-order valence-electron chi connectivity index (χ3n) is 7.42. The molecule has 1 aromatic heterocycles. The number of aromatic nitrogens is 1. The molecule has 0 spiro atoms. The highest BCUT2D eigenvalue weighted by molar-refractivity contribution is 7.99. The number of thioether (sulfide) groups is 1. The van der Waals surface area contributed by atoms with Crippen LogP contribution in [-0.4, -0.2) is 54.1 Å². The Morgan fingerprint density at radius 2 is 1.87 bits per heavy atom. The van der Waals surface area contributed by atoms with Crippen molar-refractivity contribution in [2.45, 2.75) is 42.9 Å². The van der Waals surface area contributed by atoms with Crippen LogP contribution in [0.15, 0.2) is 53.6 Å². The fourth-order valence-corrected chi connectivity index (χ4v) is 6.14. The molecule has 0 aliphatic carbocycles. The highest BCUT2D eigenvalue weighted by Crippen LogP contribution is 2.42. The van der Waals surface area contributed by atoms with Gasteiger partial charge in [0.2, 0.25) is 0 Å². The van der Waals surface area contributed by atoms with Gasteiger partial charge >= 0.3 is 6.18 Å². The maximum atomic E-state index is 15.6. The Morgan fingerprint density at radius 3 is 2.50 bits per heavy atom. The maximum Gasteiger partial charge on any atom is 0.416 e. The van der Waals surface area contributed by atoms with E-state index in [1.165, 1.54) is 30.1 Å². The van der Waals surface area contributed by atoms with Gasteiger partial charge in [0.05, 0.1) is 23.2 Å². The number of rotatable bonds is 10. The van der Waals surface area contributed by atoms with Crippen LogP contribution >= 0.6 is 23.4 Å². The summed E-state index contributed by atoms with van der Waals surface area (Å²) in [5.41, 5.74) is 0.0513. The van der Waals surface area contributed by atoms with Crippen LogP contribution in [0.4, 0.5) is 17.6 Å². The second-order valence-corrected chi connectivity index (χ2v) is 11.4. The Morgan fingerprint density at radius 1 is 1.16 bits per heavy atom. The van der Waals surface area contributed by atoms with Crippen molar-refractivity contribution in [3.8, 4) is 5.75 Å². The molecule has 2 heterocycles. The summed E-state index contributed by atoms with van der Waals surface area (Å²) in [5, 5.41) is 11.1. The van der Waals surface area contributed by atoms with Crippen molar-refractivity contribution < 1.29 is 27.4 Å². The zero-order valence-corrected chi connectivity index (χ0v) is 22.7. The molecule has 3 aromatic rings. The minimum absolute atomic E-state index is 0.00743. The molecule has 4 rings (SSSR count). The minimum Gasteiger partial charge on any atom is -0.497 e. The molecule has 1 saturated heterocycles. The van der Waals surface area contributed by atoms with Crippen molar-refractivity contribution in [2.24, 2.45) is 5.41 Å². The van der Waals surface area contributed by atoms with Gasteiger partial charge in [-0.25, -0.2) is 4.39 Å². The predicted molar refractivity (Wildman–Crippen MR) is 144 cm³/mol. The number of fused-ring (bicyclic) bond motifs is 1. The first-order valence-electron chi connectivity index (χ1n) is 12.5. The molecule has 0 saturated carbocycles. The van der Waals surface area contributed by atoms with E-state index in [-0.39, 0.29) is 23.5 Å². The molecule has 1 aliphatic rings. The Hall–Kier alpha value is -2.07. The predicted octanol–water partition coefficient (Wildman–Crippen LogP) is 7.57. The average Bonchev–Trinajstić information content (AvgIpc) is 2.92. The van der Waals surface area contributed by atoms with Crippen LogP contribution < -0.4 is 4.74 Å². The normalized spacial score (nSPS) is 17.0. The fourth-order valence-electron chi connectivity index (χ4n) is 4.96. The number of aliphatic hydroxyl groups excluding tert-OH is 1. The van der Waals surface area contributed by atoms with Gasteiger partial charge in [0.15, 0.2) is 0 Å². The number of benzene rings is 2. The van der Waals surface area contributed by atoms with E-state index in [1.54, 1.807) is 25.3 Å². The quantitative estimate of drug-likeness (QED) is 0.201. The number of methoxy groups -OCH3 is 1. The van der Waals surface area contributed by atoms with Crippen molar-refractivity contribution in [1.29, 1.82) is 0 Å².